The third kappa shape index (κ3) is 4.85. The number of amides is 1. The minimum Gasteiger partial charge on any atom is -0.497 e. The van der Waals surface area contributed by atoms with Gasteiger partial charge in [0.15, 0.2) is 0 Å². The lowest BCUT2D eigenvalue weighted by Crippen LogP contribution is -2.44. The Morgan fingerprint density at radius 1 is 1.13 bits per heavy atom. The molecule has 0 atom stereocenters. The highest BCUT2D eigenvalue weighted by molar-refractivity contribution is 5.88. The van der Waals surface area contributed by atoms with Gasteiger partial charge < -0.3 is 15.4 Å². The van der Waals surface area contributed by atoms with Crippen LogP contribution in [0.25, 0.3) is 0 Å². The number of ether oxygens (including phenoxy) is 1. The van der Waals surface area contributed by atoms with Gasteiger partial charge in [-0.25, -0.2) is 0 Å². The zero-order valence-corrected chi connectivity index (χ0v) is 15.0. The number of rotatable bonds is 8. The van der Waals surface area contributed by atoms with Crippen molar-refractivity contribution in [3.63, 3.8) is 0 Å². The van der Waals surface area contributed by atoms with Crippen LogP contribution >= 0.6 is 12.4 Å². The summed E-state index contributed by atoms with van der Waals surface area (Å²) in [4.78, 5) is 12.8. The van der Waals surface area contributed by atoms with Crippen molar-refractivity contribution in [1.29, 1.82) is 0 Å². The summed E-state index contributed by atoms with van der Waals surface area (Å²) in [6.07, 6.45) is 5.23. The lowest BCUT2D eigenvalue weighted by Gasteiger charge is -2.28. The summed E-state index contributed by atoms with van der Waals surface area (Å²) < 4.78 is 5.22. The first kappa shape index (κ1) is 19.8. The fourth-order valence-electron chi connectivity index (χ4n) is 3.27. The van der Waals surface area contributed by atoms with Crippen LogP contribution in [0, 0.1) is 0 Å². The second-order valence-electron chi connectivity index (χ2n) is 6.02. The van der Waals surface area contributed by atoms with Gasteiger partial charge in [-0.15, -0.1) is 12.4 Å². The zero-order valence-electron chi connectivity index (χ0n) is 14.2. The molecule has 1 amide bonds. The van der Waals surface area contributed by atoms with Crippen LogP contribution in [-0.4, -0.2) is 32.7 Å². The summed E-state index contributed by atoms with van der Waals surface area (Å²) >= 11 is 0. The van der Waals surface area contributed by atoms with Crippen LogP contribution in [0.2, 0.25) is 0 Å². The van der Waals surface area contributed by atoms with E-state index in [1.165, 1.54) is 0 Å². The average Bonchev–Trinajstić information content (AvgIpc) is 3.05. The minimum absolute atomic E-state index is 0. The van der Waals surface area contributed by atoms with Crippen molar-refractivity contribution in [2.24, 2.45) is 0 Å². The van der Waals surface area contributed by atoms with Crippen LogP contribution < -0.4 is 15.4 Å². The van der Waals surface area contributed by atoms with Gasteiger partial charge in [-0.3, -0.25) is 4.79 Å². The first-order chi connectivity index (χ1) is 10.7. The summed E-state index contributed by atoms with van der Waals surface area (Å²) in [6, 6.07) is 7.98. The number of hydrogen-bond acceptors (Lipinski definition) is 3. The van der Waals surface area contributed by atoms with Crippen LogP contribution in [0.3, 0.4) is 0 Å². The maximum absolute atomic E-state index is 12.8. The quantitative estimate of drug-likeness (QED) is 0.715. The third-order valence-electron chi connectivity index (χ3n) is 4.55. The van der Waals surface area contributed by atoms with Crippen molar-refractivity contribution in [3.05, 3.63) is 29.8 Å². The normalized spacial score (nSPS) is 15.7. The van der Waals surface area contributed by atoms with E-state index in [2.05, 4.69) is 17.6 Å². The molecule has 2 rings (SSSR count). The Morgan fingerprint density at radius 2 is 1.78 bits per heavy atom. The average molecular weight is 341 g/mol. The summed E-state index contributed by atoms with van der Waals surface area (Å²) in [5.41, 5.74) is 0.765. The van der Waals surface area contributed by atoms with E-state index in [1.807, 2.05) is 24.3 Å². The number of carbonyl (C=O) groups excluding carboxylic acids is 1. The van der Waals surface area contributed by atoms with Gasteiger partial charge in [0.1, 0.15) is 5.75 Å². The molecule has 0 saturated heterocycles. The Bertz CT molecular complexity index is 470. The van der Waals surface area contributed by atoms with Crippen LogP contribution in [0.15, 0.2) is 24.3 Å². The van der Waals surface area contributed by atoms with Crippen LogP contribution in [-0.2, 0) is 10.2 Å². The predicted molar refractivity (Wildman–Crippen MR) is 96.6 cm³/mol. The maximum Gasteiger partial charge on any atom is 0.230 e. The van der Waals surface area contributed by atoms with Gasteiger partial charge in [0, 0.05) is 13.1 Å². The molecule has 1 fully saturated rings. The Hall–Kier alpha value is -1.26. The van der Waals surface area contributed by atoms with Gasteiger partial charge in [-0.05, 0) is 43.5 Å². The van der Waals surface area contributed by atoms with E-state index >= 15 is 0 Å². The molecule has 0 spiro atoms. The van der Waals surface area contributed by atoms with E-state index in [0.29, 0.717) is 6.54 Å². The van der Waals surface area contributed by atoms with E-state index in [9.17, 15) is 4.79 Å². The standard InChI is InChI=1S/C18H28N2O2.ClH/c1-3-12-19-13-14-20-17(21)18(10-4-5-11-18)15-6-8-16(22-2)9-7-15;/h6-9,19H,3-5,10-14H2,1-2H3,(H,20,21);1H. The van der Waals surface area contributed by atoms with E-state index in [0.717, 1.165) is 56.5 Å². The summed E-state index contributed by atoms with van der Waals surface area (Å²) in [5.74, 6) is 1.01. The lowest BCUT2D eigenvalue weighted by atomic mass is 9.78. The van der Waals surface area contributed by atoms with Crippen molar-refractivity contribution in [3.8, 4) is 5.75 Å². The second kappa shape index (κ2) is 9.78. The highest BCUT2D eigenvalue weighted by Gasteiger charge is 2.42. The zero-order chi connectivity index (χ0) is 15.8. The fourth-order valence-corrected chi connectivity index (χ4v) is 3.27. The van der Waals surface area contributed by atoms with Crippen LogP contribution in [0.5, 0.6) is 5.75 Å². The van der Waals surface area contributed by atoms with Gasteiger partial charge in [0.25, 0.3) is 0 Å². The number of carbonyl (C=O) groups is 1. The van der Waals surface area contributed by atoms with Gasteiger partial charge >= 0.3 is 0 Å². The lowest BCUT2D eigenvalue weighted by molar-refractivity contribution is -0.126. The highest BCUT2D eigenvalue weighted by Crippen LogP contribution is 2.41. The monoisotopic (exact) mass is 340 g/mol. The predicted octanol–water partition coefficient (Wildman–Crippen LogP) is 3.04. The molecule has 0 radical (unpaired) electrons. The van der Waals surface area contributed by atoms with Crippen molar-refractivity contribution < 1.29 is 9.53 Å². The number of methoxy groups -OCH3 is 1. The molecule has 0 bridgehead atoms. The molecule has 1 aliphatic rings. The Morgan fingerprint density at radius 3 is 2.35 bits per heavy atom. The highest BCUT2D eigenvalue weighted by atomic mass is 35.5. The molecular formula is C18H29ClN2O2. The molecule has 5 heteroatoms. The molecule has 0 heterocycles. The molecule has 1 saturated carbocycles. The van der Waals surface area contributed by atoms with Crippen molar-refractivity contribution in [2.45, 2.75) is 44.4 Å². The number of hydrogen-bond donors (Lipinski definition) is 2. The fraction of sp³-hybridized carbons (Fsp3) is 0.611. The van der Waals surface area contributed by atoms with E-state index in [4.69, 9.17) is 4.74 Å². The first-order valence-corrected chi connectivity index (χ1v) is 8.36. The molecule has 130 valence electrons. The number of nitrogens with one attached hydrogen (secondary N) is 2. The second-order valence-corrected chi connectivity index (χ2v) is 6.02. The minimum atomic E-state index is -0.350. The maximum atomic E-state index is 12.8. The van der Waals surface area contributed by atoms with Gasteiger partial charge in [0.2, 0.25) is 5.91 Å². The Kier molecular flexibility index (Phi) is 8.42. The molecule has 1 aliphatic carbocycles. The first-order valence-electron chi connectivity index (χ1n) is 8.36. The molecule has 1 aromatic rings. The smallest absolute Gasteiger partial charge is 0.230 e. The van der Waals surface area contributed by atoms with Gasteiger partial charge in [-0.1, -0.05) is 31.9 Å². The number of benzene rings is 1. The van der Waals surface area contributed by atoms with Crippen molar-refractivity contribution >= 4 is 18.3 Å². The molecular weight excluding hydrogens is 312 g/mol. The largest absolute Gasteiger partial charge is 0.497 e. The molecule has 0 aliphatic heterocycles. The topological polar surface area (TPSA) is 50.4 Å². The summed E-state index contributed by atoms with van der Waals surface area (Å²) in [5, 5.41) is 6.44. The SMILES string of the molecule is CCCNCCNC(=O)C1(c2ccc(OC)cc2)CCCC1.Cl. The van der Waals surface area contributed by atoms with Crippen molar-refractivity contribution in [1.82, 2.24) is 10.6 Å². The van der Waals surface area contributed by atoms with Gasteiger partial charge in [0.05, 0.1) is 12.5 Å². The molecule has 0 aromatic heterocycles. The third-order valence-corrected chi connectivity index (χ3v) is 4.55. The summed E-state index contributed by atoms with van der Waals surface area (Å²) in [6.45, 7) is 4.66. The van der Waals surface area contributed by atoms with Gasteiger partial charge in [-0.2, -0.15) is 0 Å². The Balaban J connectivity index is 0.00000264. The molecule has 23 heavy (non-hydrogen) atoms. The van der Waals surface area contributed by atoms with Crippen LogP contribution in [0.1, 0.15) is 44.6 Å². The van der Waals surface area contributed by atoms with E-state index in [-0.39, 0.29) is 23.7 Å². The van der Waals surface area contributed by atoms with Crippen LogP contribution in [0.4, 0.5) is 0 Å². The molecule has 4 nitrogen and oxygen atoms in total. The number of halogens is 1. The van der Waals surface area contributed by atoms with Crippen molar-refractivity contribution in [2.75, 3.05) is 26.7 Å². The Labute approximate surface area is 145 Å². The van der Waals surface area contributed by atoms with E-state index < -0.39 is 0 Å². The molecule has 0 unspecified atom stereocenters. The summed E-state index contributed by atoms with van der Waals surface area (Å²) in [7, 11) is 1.66. The van der Waals surface area contributed by atoms with E-state index in [1.54, 1.807) is 7.11 Å². The molecule has 1 aromatic carbocycles. The molecule has 2 N–H and O–H groups in total.